The van der Waals surface area contributed by atoms with Crippen LogP contribution in [0, 0.1) is 10.1 Å². The summed E-state index contributed by atoms with van der Waals surface area (Å²) in [6.07, 6.45) is 2.02. The third kappa shape index (κ3) is 4.46. The maximum Gasteiger partial charge on any atom is 0.338 e. The van der Waals surface area contributed by atoms with Crippen molar-refractivity contribution in [1.29, 1.82) is 0 Å². The van der Waals surface area contributed by atoms with Crippen LogP contribution in [0.5, 0.6) is 5.75 Å². The summed E-state index contributed by atoms with van der Waals surface area (Å²) >= 11 is 6.04. The molecule has 3 rings (SSSR count). The van der Waals surface area contributed by atoms with Gasteiger partial charge in [0, 0.05) is 11.1 Å². The number of rotatable bonds is 6. The summed E-state index contributed by atoms with van der Waals surface area (Å²) in [4.78, 5) is 35.1. The lowest BCUT2D eigenvalue weighted by Crippen LogP contribution is -2.32. The molecule has 1 unspecified atom stereocenters. The van der Waals surface area contributed by atoms with E-state index in [0.29, 0.717) is 17.9 Å². The maximum atomic E-state index is 12.2. The molecule has 1 aliphatic rings. The average Bonchev–Trinajstić information content (AvgIpc) is 3.03. The molecule has 1 atom stereocenters. The Balaban J connectivity index is 1.86. The van der Waals surface area contributed by atoms with Crippen LogP contribution >= 0.6 is 11.6 Å². The highest BCUT2D eigenvalue weighted by Crippen LogP contribution is 2.40. The Morgan fingerprint density at radius 3 is 2.63 bits per heavy atom. The number of nitrogens with zero attached hydrogens (tertiary/aromatic N) is 1. The Morgan fingerprint density at radius 1 is 1.27 bits per heavy atom. The van der Waals surface area contributed by atoms with Crippen LogP contribution in [0.1, 0.15) is 48.7 Å². The summed E-state index contributed by atoms with van der Waals surface area (Å²) in [6.45, 7) is 5.07. The fraction of sp³-hybridized carbons (Fsp3) is 0.364. The van der Waals surface area contributed by atoms with Gasteiger partial charge < -0.3 is 14.3 Å². The number of aldehydes is 1. The van der Waals surface area contributed by atoms with Crippen LogP contribution in [0.15, 0.2) is 36.4 Å². The van der Waals surface area contributed by atoms with Gasteiger partial charge in [-0.05, 0) is 69.0 Å². The largest absolute Gasteiger partial charge is 0.485 e. The molecule has 0 radical (unpaired) electrons. The van der Waals surface area contributed by atoms with E-state index < -0.39 is 21.9 Å². The van der Waals surface area contributed by atoms with Crippen molar-refractivity contribution in [3.63, 3.8) is 0 Å². The fourth-order valence-corrected chi connectivity index (χ4v) is 3.70. The van der Waals surface area contributed by atoms with Crippen LogP contribution in [0.25, 0.3) is 0 Å². The van der Waals surface area contributed by atoms with E-state index in [1.807, 2.05) is 6.07 Å². The molecule has 0 N–H and O–H groups in total. The van der Waals surface area contributed by atoms with Crippen molar-refractivity contribution in [2.24, 2.45) is 0 Å². The number of hydrogen-bond acceptors (Lipinski definition) is 6. The number of fused-ring (bicyclic) bond motifs is 1. The maximum absolute atomic E-state index is 12.2. The minimum absolute atomic E-state index is 0.0176. The van der Waals surface area contributed by atoms with E-state index in [2.05, 4.69) is 0 Å². The third-order valence-electron chi connectivity index (χ3n) is 4.95. The van der Waals surface area contributed by atoms with Crippen LogP contribution < -0.4 is 4.74 Å². The minimum atomic E-state index is -0.905. The summed E-state index contributed by atoms with van der Waals surface area (Å²) in [6, 6.07) is 9.21. The molecule has 30 heavy (non-hydrogen) atoms. The molecule has 0 bridgehead atoms. The van der Waals surface area contributed by atoms with Gasteiger partial charge in [-0.25, -0.2) is 4.79 Å². The second-order valence-corrected chi connectivity index (χ2v) is 8.74. The zero-order valence-corrected chi connectivity index (χ0v) is 17.7. The van der Waals surface area contributed by atoms with Crippen LogP contribution in [0.2, 0.25) is 5.02 Å². The molecule has 0 saturated heterocycles. The van der Waals surface area contributed by atoms with E-state index in [0.717, 1.165) is 23.5 Å². The van der Waals surface area contributed by atoms with Crippen molar-refractivity contribution in [3.05, 3.63) is 68.2 Å². The Morgan fingerprint density at radius 2 is 2.00 bits per heavy atom. The number of aryl methyl sites for hydroxylation is 1. The zero-order valence-electron chi connectivity index (χ0n) is 16.9. The van der Waals surface area contributed by atoms with Crippen molar-refractivity contribution in [2.75, 3.05) is 6.61 Å². The second kappa shape index (κ2) is 8.07. The first-order chi connectivity index (χ1) is 14.0. The molecule has 0 fully saturated rings. The first kappa shape index (κ1) is 21.8. The quantitative estimate of drug-likeness (QED) is 0.285. The van der Waals surface area contributed by atoms with E-state index in [4.69, 9.17) is 21.1 Å². The van der Waals surface area contributed by atoms with Crippen molar-refractivity contribution in [1.82, 2.24) is 0 Å². The highest BCUT2D eigenvalue weighted by molar-refractivity contribution is 6.30. The zero-order chi connectivity index (χ0) is 22.1. The third-order valence-corrected chi connectivity index (χ3v) is 5.18. The lowest BCUT2D eigenvalue weighted by Gasteiger charge is -2.24. The van der Waals surface area contributed by atoms with Crippen LogP contribution in [0.4, 0.5) is 5.69 Å². The number of nitro benzene ring substituents is 1. The smallest absolute Gasteiger partial charge is 0.338 e. The predicted octanol–water partition coefficient (Wildman–Crippen LogP) is 4.67. The van der Waals surface area contributed by atoms with E-state index in [9.17, 15) is 19.7 Å². The van der Waals surface area contributed by atoms with Crippen LogP contribution in [-0.4, -0.2) is 29.4 Å². The number of esters is 1. The lowest BCUT2D eigenvalue weighted by molar-refractivity contribution is -0.385. The minimum Gasteiger partial charge on any atom is -0.485 e. The van der Waals surface area contributed by atoms with Crippen molar-refractivity contribution in [3.8, 4) is 5.75 Å². The molecular formula is C22H22ClNO6. The summed E-state index contributed by atoms with van der Waals surface area (Å²) in [7, 11) is 0. The van der Waals surface area contributed by atoms with Gasteiger partial charge in [0.2, 0.25) is 0 Å². The van der Waals surface area contributed by atoms with Crippen molar-refractivity contribution >= 4 is 29.5 Å². The molecular weight excluding hydrogens is 410 g/mol. The number of ether oxygens (including phenoxy) is 2. The molecule has 1 aliphatic carbocycles. The number of carbonyl (C=O) groups is 2. The molecule has 0 heterocycles. The van der Waals surface area contributed by atoms with Crippen molar-refractivity contribution < 1.29 is 24.0 Å². The second-order valence-electron chi connectivity index (χ2n) is 8.31. The fourth-order valence-electron chi connectivity index (χ4n) is 3.51. The normalized spacial score (nSPS) is 17.9. The number of halogens is 1. The molecule has 8 heteroatoms. The monoisotopic (exact) mass is 431 g/mol. The van der Waals surface area contributed by atoms with Gasteiger partial charge in [0.05, 0.1) is 15.9 Å². The topological polar surface area (TPSA) is 95.7 Å². The molecule has 0 spiro atoms. The van der Waals surface area contributed by atoms with Gasteiger partial charge in [-0.15, -0.1) is 0 Å². The SMILES string of the molecule is CC(C)(C)OC(=O)c1ccc(OCC2(C=O)CCc3cc(Cl)ccc32)c([N+](=O)[O-])c1. The van der Waals surface area contributed by atoms with Gasteiger partial charge in [0.25, 0.3) is 0 Å². The first-order valence-electron chi connectivity index (χ1n) is 9.44. The Labute approximate surface area is 179 Å². The average molecular weight is 432 g/mol. The Kier molecular flexibility index (Phi) is 5.85. The number of hydrogen-bond donors (Lipinski definition) is 0. The first-order valence-corrected chi connectivity index (χ1v) is 9.82. The van der Waals surface area contributed by atoms with E-state index in [-0.39, 0.29) is 23.6 Å². The molecule has 158 valence electrons. The van der Waals surface area contributed by atoms with Gasteiger partial charge in [-0.3, -0.25) is 10.1 Å². The molecule has 2 aromatic carbocycles. The number of carbonyl (C=O) groups excluding carboxylic acids is 2. The molecule has 0 amide bonds. The van der Waals surface area contributed by atoms with Crippen molar-refractivity contribution in [2.45, 2.75) is 44.6 Å². The lowest BCUT2D eigenvalue weighted by atomic mass is 9.84. The van der Waals surface area contributed by atoms with Gasteiger partial charge in [0.1, 0.15) is 18.5 Å². The van der Waals surface area contributed by atoms with Gasteiger partial charge in [-0.2, -0.15) is 0 Å². The summed E-state index contributed by atoms with van der Waals surface area (Å²) in [5.41, 5.74) is -0.167. The summed E-state index contributed by atoms with van der Waals surface area (Å²) in [5.74, 6) is -0.681. The van der Waals surface area contributed by atoms with Gasteiger partial charge in [0.15, 0.2) is 5.75 Å². The molecule has 0 aromatic heterocycles. The Bertz CT molecular complexity index is 1010. The number of benzene rings is 2. The predicted molar refractivity (Wildman–Crippen MR) is 111 cm³/mol. The van der Waals surface area contributed by atoms with Crippen LogP contribution in [-0.2, 0) is 21.4 Å². The highest BCUT2D eigenvalue weighted by Gasteiger charge is 2.40. The highest BCUT2D eigenvalue weighted by atomic mass is 35.5. The van der Waals surface area contributed by atoms with E-state index in [1.54, 1.807) is 32.9 Å². The summed E-state index contributed by atoms with van der Waals surface area (Å²) in [5, 5.41) is 12.1. The van der Waals surface area contributed by atoms with E-state index in [1.165, 1.54) is 12.1 Å². The van der Waals surface area contributed by atoms with Crippen LogP contribution in [0.3, 0.4) is 0 Å². The molecule has 0 saturated carbocycles. The molecule has 0 aliphatic heterocycles. The summed E-state index contributed by atoms with van der Waals surface area (Å²) < 4.78 is 11.0. The molecule has 2 aromatic rings. The molecule has 7 nitrogen and oxygen atoms in total. The van der Waals surface area contributed by atoms with E-state index >= 15 is 0 Å². The standard InChI is InChI=1S/C22H22ClNO6/c1-21(2,3)30-20(26)15-4-7-19(18(11-15)24(27)28)29-13-22(12-25)9-8-14-10-16(23)5-6-17(14)22/h4-7,10-12H,8-9,13H2,1-3H3. The number of nitro groups is 1. The van der Waals surface area contributed by atoms with Gasteiger partial charge in [-0.1, -0.05) is 17.7 Å². The Hall–Kier alpha value is -2.93. The van der Waals surface area contributed by atoms with Gasteiger partial charge >= 0.3 is 11.7 Å².